The smallest absolute Gasteiger partial charge is 0.323 e. The zero-order valence-electron chi connectivity index (χ0n) is 14.1. The molecule has 2 N–H and O–H groups in total. The van der Waals surface area contributed by atoms with Gasteiger partial charge in [0.05, 0.1) is 12.1 Å². The first-order valence-corrected chi connectivity index (χ1v) is 8.21. The van der Waals surface area contributed by atoms with E-state index in [1.807, 2.05) is 24.3 Å². The number of nitrogens with one attached hydrogen (secondary N) is 2. The summed E-state index contributed by atoms with van der Waals surface area (Å²) in [6.07, 6.45) is 0. The summed E-state index contributed by atoms with van der Waals surface area (Å²) in [6, 6.07) is 12.5. The molecule has 24 heavy (non-hydrogen) atoms. The Bertz CT molecular complexity index is 685. The molecule has 0 heterocycles. The molecular weight excluding hydrogens is 326 g/mol. The fourth-order valence-corrected chi connectivity index (χ4v) is 2.64. The summed E-state index contributed by atoms with van der Waals surface area (Å²) < 4.78 is 5.09. The summed E-state index contributed by atoms with van der Waals surface area (Å²) in [5.74, 6) is 0.564. The van der Waals surface area contributed by atoms with E-state index in [-0.39, 0.29) is 6.03 Å². The van der Waals surface area contributed by atoms with E-state index in [9.17, 15) is 4.79 Å². The van der Waals surface area contributed by atoms with Crippen molar-refractivity contribution in [1.82, 2.24) is 0 Å². The van der Waals surface area contributed by atoms with Crippen LogP contribution in [0.2, 0.25) is 5.02 Å². The second kappa shape index (κ2) is 8.45. The number of carbonyl (C=O) groups is 1. The van der Waals surface area contributed by atoms with E-state index >= 15 is 0 Å². The van der Waals surface area contributed by atoms with Crippen molar-refractivity contribution in [3.05, 3.63) is 47.5 Å². The van der Waals surface area contributed by atoms with Crippen LogP contribution < -0.4 is 20.3 Å². The van der Waals surface area contributed by atoms with Crippen LogP contribution in [0, 0.1) is 0 Å². The van der Waals surface area contributed by atoms with Crippen molar-refractivity contribution < 1.29 is 9.53 Å². The van der Waals surface area contributed by atoms with Gasteiger partial charge in [-0.15, -0.1) is 0 Å². The summed E-state index contributed by atoms with van der Waals surface area (Å²) in [4.78, 5) is 14.3. The highest BCUT2D eigenvalue weighted by Gasteiger charge is 2.07. The van der Waals surface area contributed by atoms with Crippen LogP contribution >= 0.6 is 11.6 Å². The van der Waals surface area contributed by atoms with Gasteiger partial charge in [0.25, 0.3) is 0 Å². The lowest BCUT2D eigenvalue weighted by Crippen LogP contribution is -2.22. The van der Waals surface area contributed by atoms with Crippen LogP contribution in [0.4, 0.5) is 21.9 Å². The Kier molecular flexibility index (Phi) is 6.32. The third kappa shape index (κ3) is 4.55. The fraction of sp³-hybridized carbons (Fsp3) is 0.278. The molecule has 0 atom stereocenters. The van der Waals surface area contributed by atoms with Crippen molar-refractivity contribution in [1.29, 1.82) is 0 Å². The van der Waals surface area contributed by atoms with Gasteiger partial charge in [-0.05, 0) is 56.3 Å². The monoisotopic (exact) mass is 347 g/mol. The number of carbonyl (C=O) groups excluding carboxylic acids is 1. The molecule has 2 aromatic rings. The lowest BCUT2D eigenvalue weighted by molar-refractivity contribution is 0.262. The first kappa shape index (κ1) is 17.9. The normalized spacial score (nSPS) is 10.2. The molecule has 0 aliphatic carbocycles. The quantitative estimate of drug-likeness (QED) is 0.786. The number of hydrogen-bond donors (Lipinski definition) is 2. The van der Waals surface area contributed by atoms with Gasteiger partial charge < -0.3 is 20.3 Å². The standard InChI is InChI=1S/C18H22ClN3O2/c1-4-22(5-2)15-9-6-13(7-10-15)20-18(23)21-14-8-11-17(24-3)16(19)12-14/h6-12H,4-5H2,1-3H3,(H2,20,21,23). The summed E-state index contributed by atoms with van der Waals surface area (Å²) in [5, 5.41) is 5.98. The summed E-state index contributed by atoms with van der Waals surface area (Å²) in [6.45, 7) is 6.12. The Morgan fingerprint density at radius 2 is 1.62 bits per heavy atom. The molecule has 5 nitrogen and oxygen atoms in total. The van der Waals surface area contributed by atoms with Gasteiger partial charge in [-0.25, -0.2) is 4.79 Å². The van der Waals surface area contributed by atoms with Crippen LogP contribution in [-0.2, 0) is 0 Å². The average molecular weight is 348 g/mol. The van der Waals surface area contributed by atoms with Crippen molar-refractivity contribution in [2.75, 3.05) is 35.7 Å². The van der Waals surface area contributed by atoms with Gasteiger partial charge in [-0.2, -0.15) is 0 Å². The van der Waals surface area contributed by atoms with E-state index in [2.05, 4.69) is 29.4 Å². The third-order valence-electron chi connectivity index (χ3n) is 3.66. The Balaban J connectivity index is 1.98. The SMILES string of the molecule is CCN(CC)c1ccc(NC(=O)Nc2ccc(OC)c(Cl)c2)cc1. The zero-order valence-corrected chi connectivity index (χ0v) is 14.9. The van der Waals surface area contributed by atoms with Gasteiger partial charge >= 0.3 is 6.03 Å². The Morgan fingerprint density at radius 3 is 2.17 bits per heavy atom. The molecule has 0 saturated heterocycles. The van der Waals surface area contributed by atoms with Gasteiger partial charge in [-0.3, -0.25) is 0 Å². The zero-order chi connectivity index (χ0) is 17.5. The second-order valence-corrected chi connectivity index (χ2v) is 5.55. The van der Waals surface area contributed by atoms with Gasteiger partial charge in [0, 0.05) is 30.2 Å². The van der Waals surface area contributed by atoms with Crippen LogP contribution in [0.1, 0.15) is 13.8 Å². The third-order valence-corrected chi connectivity index (χ3v) is 3.96. The topological polar surface area (TPSA) is 53.6 Å². The first-order chi connectivity index (χ1) is 11.6. The van der Waals surface area contributed by atoms with E-state index < -0.39 is 0 Å². The predicted molar refractivity (Wildman–Crippen MR) is 101 cm³/mol. The minimum Gasteiger partial charge on any atom is -0.495 e. The fourth-order valence-electron chi connectivity index (χ4n) is 2.38. The molecule has 6 heteroatoms. The van der Waals surface area contributed by atoms with Gasteiger partial charge in [0.1, 0.15) is 5.75 Å². The molecule has 2 amide bonds. The molecule has 0 aliphatic heterocycles. The molecule has 0 aliphatic rings. The number of methoxy groups -OCH3 is 1. The number of halogens is 1. The van der Waals surface area contributed by atoms with E-state index in [1.54, 1.807) is 25.3 Å². The Hall–Kier alpha value is -2.40. The number of anilines is 3. The maximum absolute atomic E-state index is 12.1. The van der Waals surface area contributed by atoms with Gasteiger partial charge in [-0.1, -0.05) is 11.6 Å². The molecule has 0 radical (unpaired) electrons. The molecule has 2 aromatic carbocycles. The van der Waals surface area contributed by atoms with Crippen molar-refractivity contribution in [3.63, 3.8) is 0 Å². The van der Waals surface area contributed by atoms with Crippen molar-refractivity contribution in [3.8, 4) is 5.75 Å². The molecular formula is C18H22ClN3O2. The average Bonchev–Trinajstić information content (AvgIpc) is 2.57. The second-order valence-electron chi connectivity index (χ2n) is 5.15. The number of ether oxygens (including phenoxy) is 1. The highest BCUT2D eigenvalue weighted by atomic mass is 35.5. The largest absolute Gasteiger partial charge is 0.495 e. The molecule has 2 rings (SSSR count). The number of urea groups is 1. The highest BCUT2D eigenvalue weighted by molar-refractivity contribution is 6.32. The molecule has 0 fully saturated rings. The van der Waals surface area contributed by atoms with Gasteiger partial charge in [0.2, 0.25) is 0 Å². The molecule has 0 bridgehead atoms. The van der Waals surface area contributed by atoms with Crippen molar-refractivity contribution in [2.45, 2.75) is 13.8 Å². The number of nitrogens with zero attached hydrogens (tertiary/aromatic N) is 1. The van der Waals surface area contributed by atoms with Crippen LogP contribution in [-0.4, -0.2) is 26.2 Å². The minimum absolute atomic E-state index is 0.327. The molecule has 0 saturated carbocycles. The maximum atomic E-state index is 12.1. The van der Waals surface area contributed by atoms with E-state index in [0.717, 1.165) is 24.5 Å². The molecule has 0 unspecified atom stereocenters. The van der Waals surface area contributed by atoms with E-state index in [4.69, 9.17) is 16.3 Å². The van der Waals surface area contributed by atoms with E-state index in [0.29, 0.717) is 16.5 Å². The Labute approximate surface area is 147 Å². The van der Waals surface area contributed by atoms with Crippen LogP contribution in [0.25, 0.3) is 0 Å². The van der Waals surface area contributed by atoms with Gasteiger partial charge in [0.15, 0.2) is 0 Å². The van der Waals surface area contributed by atoms with Crippen LogP contribution in [0.15, 0.2) is 42.5 Å². The summed E-state index contributed by atoms with van der Waals surface area (Å²) in [5.41, 5.74) is 2.45. The van der Waals surface area contributed by atoms with Crippen LogP contribution in [0.3, 0.4) is 0 Å². The predicted octanol–water partition coefficient (Wildman–Crippen LogP) is 4.84. The molecule has 0 spiro atoms. The molecule has 128 valence electrons. The number of amides is 2. The first-order valence-electron chi connectivity index (χ1n) is 7.84. The minimum atomic E-state index is -0.327. The lowest BCUT2D eigenvalue weighted by Gasteiger charge is -2.21. The van der Waals surface area contributed by atoms with Crippen molar-refractivity contribution in [2.24, 2.45) is 0 Å². The number of rotatable bonds is 6. The van der Waals surface area contributed by atoms with Crippen molar-refractivity contribution >= 4 is 34.7 Å². The summed E-state index contributed by atoms with van der Waals surface area (Å²) in [7, 11) is 1.54. The lowest BCUT2D eigenvalue weighted by atomic mass is 10.2. The molecule has 0 aromatic heterocycles. The van der Waals surface area contributed by atoms with Crippen LogP contribution in [0.5, 0.6) is 5.75 Å². The number of hydrogen-bond acceptors (Lipinski definition) is 3. The Morgan fingerprint density at radius 1 is 1.04 bits per heavy atom. The highest BCUT2D eigenvalue weighted by Crippen LogP contribution is 2.27. The summed E-state index contributed by atoms with van der Waals surface area (Å²) >= 11 is 6.05. The maximum Gasteiger partial charge on any atom is 0.323 e. The number of benzene rings is 2. The van der Waals surface area contributed by atoms with E-state index in [1.165, 1.54) is 0 Å².